The summed E-state index contributed by atoms with van der Waals surface area (Å²) >= 11 is 0. The lowest BCUT2D eigenvalue weighted by Gasteiger charge is -2.02. The average Bonchev–Trinajstić information content (AvgIpc) is 2.70. The van der Waals surface area contributed by atoms with Gasteiger partial charge in [-0.1, -0.05) is 0 Å². The average molecular weight is 193 g/mol. The van der Waals surface area contributed by atoms with Gasteiger partial charge in [0.2, 0.25) is 0 Å². The summed E-state index contributed by atoms with van der Waals surface area (Å²) in [6, 6.07) is 1.34. The van der Waals surface area contributed by atoms with Crippen LogP contribution < -0.4 is 11.3 Å². The predicted octanol–water partition coefficient (Wildman–Crippen LogP) is 0.896. The van der Waals surface area contributed by atoms with Gasteiger partial charge in [-0.25, -0.2) is 15.2 Å². The van der Waals surface area contributed by atoms with Crippen molar-refractivity contribution in [3.63, 3.8) is 0 Å². The van der Waals surface area contributed by atoms with Gasteiger partial charge in [0.15, 0.2) is 11.6 Å². The number of nitrogens with zero attached hydrogens (tertiary/aromatic N) is 2. The zero-order valence-corrected chi connectivity index (χ0v) is 7.16. The van der Waals surface area contributed by atoms with Crippen LogP contribution in [0, 0.1) is 5.82 Å². The third-order valence-electron chi connectivity index (χ3n) is 1.81. The quantitative estimate of drug-likeness (QED) is 0.489. The van der Waals surface area contributed by atoms with Crippen molar-refractivity contribution in [2.24, 2.45) is 5.84 Å². The van der Waals surface area contributed by atoms with Crippen molar-refractivity contribution in [3.8, 4) is 11.1 Å². The van der Waals surface area contributed by atoms with Crippen LogP contribution in [0.3, 0.4) is 0 Å². The highest BCUT2D eigenvalue weighted by Crippen LogP contribution is 2.20. The van der Waals surface area contributed by atoms with E-state index in [-0.39, 0.29) is 5.82 Å². The molecular weight excluding hydrogens is 185 g/mol. The van der Waals surface area contributed by atoms with E-state index >= 15 is 0 Å². The Labute approximate surface area is 79.1 Å². The summed E-state index contributed by atoms with van der Waals surface area (Å²) in [5, 5.41) is 6.39. The van der Waals surface area contributed by atoms with Crippen molar-refractivity contribution in [3.05, 3.63) is 30.5 Å². The molecule has 2 heterocycles. The molecule has 2 aromatic heterocycles. The smallest absolute Gasteiger partial charge is 0.176 e. The molecule has 2 rings (SSSR count). The lowest BCUT2D eigenvalue weighted by molar-refractivity contribution is 0.625. The molecule has 4 N–H and O–H groups in total. The van der Waals surface area contributed by atoms with Crippen molar-refractivity contribution in [2.45, 2.75) is 0 Å². The van der Waals surface area contributed by atoms with Gasteiger partial charge in [-0.15, -0.1) is 0 Å². The molecule has 0 saturated heterocycles. The van der Waals surface area contributed by atoms with E-state index in [2.05, 4.69) is 20.6 Å². The summed E-state index contributed by atoms with van der Waals surface area (Å²) in [6.07, 6.45) is 4.77. The van der Waals surface area contributed by atoms with Crippen molar-refractivity contribution >= 4 is 5.82 Å². The van der Waals surface area contributed by atoms with Crippen LogP contribution >= 0.6 is 0 Å². The summed E-state index contributed by atoms with van der Waals surface area (Å²) in [5.74, 6) is 4.58. The number of hydrazine groups is 1. The summed E-state index contributed by atoms with van der Waals surface area (Å²) in [7, 11) is 0. The maximum Gasteiger partial charge on any atom is 0.176 e. The van der Waals surface area contributed by atoms with Gasteiger partial charge in [-0.3, -0.25) is 5.10 Å². The van der Waals surface area contributed by atoms with Gasteiger partial charge in [0.05, 0.1) is 6.20 Å². The molecule has 0 radical (unpaired) electrons. The Morgan fingerprint density at radius 3 is 2.79 bits per heavy atom. The van der Waals surface area contributed by atoms with E-state index in [0.29, 0.717) is 5.56 Å². The molecule has 0 saturated carbocycles. The summed E-state index contributed by atoms with van der Waals surface area (Å²) < 4.78 is 13.2. The normalized spacial score (nSPS) is 10.1. The summed E-state index contributed by atoms with van der Waals surface area (Å²) in [4.78, 5) is 3.80. The first-order valence-corrected chi connectivity index (χ1v) is 3.92. The Bertz CT molecular complexity index is 425. The Morgan fingerprint density at radius 2 is 2.21 bits per heavy atom. The molecule has 0 aliphatic carbocycles. The van der Waals surface area contributed by atoms with Crippen LogP contribution in [-0.2, 0) is 0 Å². The highest BCUT2D eigenvalue weighted by Gasteiger charge is 2.05. The van der Waals surface area contributed by atoms with E-state index in [1.54, 1.807) is 12.4 Å². The number of aromatic amines is 1. The van der Waals surface area contributed by atoms with Gasteiger partial charge in [-0.2, -0.15) is 5.10 Å². The van der Waals surface area contributed by atoms with E-state index in [0.717, 1.165) is 5.56 Å². The van der Waals surface area contributed by atoms with E-state index in [1.165, 1.54) is 12.3 Å². The van der Waals surface area contributed by atoms with Crippen LogP contribution in [0.15, 0.2) is 24.7 Å². The monoisotopic (exact) mass is 193 g/mol. The molecule has 0 atom stereocenters. The zero-order chi connectivity index (χ0) is 9.97. The number of anilines is 1. The molecule has 72 valence electrons. The highest BCUT2D eigenvalue weighted by atomic mass is 19.1. The van der Waals surface area contributed by atoms with Crippen LogP contribution in [0.1, 0.15) is 0 Å². The first-order chi connectivity index (χ1) is 6.81. The van der Waals surface area contributed by atoms with Crippen molar-refractivity contribution in [1.82, 2.24) is 15.2 Å². The standard InChI is InChI=1S/C8H8FN5/c9-7-1-5(2-11-8(7)14-10)6-3-12-13-4-6/h1-4H,10H2,(H,11,14)(H,12,13). The zero-order valence-electron chi connectivity index (χ0n) is 7.16. The van der Waals surface area contributed by atoms with E-state index in [4.69, 9.17) is 5.84 Å². The molecule has 0 spiro atoms. The van der Waals surface area contributed by atoms with Gasteiger partial charge < -0.3 is 5.43 Å². The third-order valence-corrected chi connectivity index (χ3v) is 1.81. The van der Waals surface area contributed by atoms with Gasteiger partial charge in [0.25, 0.3) is 0 Å². The number of rotatable bonds is 2. The molecule has 0 unspecified atom stereocenters. The maximum absolute atomic E-state index is 13.2. The molecule has 14 heavy (non-hydrogen) atoms. The van der Waals surface area contributed by atoms with Gasteiger partial charge in [0, 0.05) is 23.5 Å². The van der Waals surface area contributed by atoms with Crippen LogP contribution in [0.4, 0.5) is 10.2 Å². The number of halogens is 1. The van der Waals surface area contributed by atoms with Crippen molar-refractivity contribution in [1.29, 1.82) is 0 Å². The number of aromatic nitrogens is 3. The fourth-order valence-electron chi connectivity index (χ4n) is 1.11. The van der Waals surface area contributed by atoms with E-state index in [1.807, 2.05) is 0 Å². The first-order valence-electron chi connectivity index (χ1n) is 3.92. The summed E-state index contributed by atoms with van der Waals surface area (Å²) in [6.45, 7) is 0. The maximum atomic E-state index is 13.2. The van der Waals surface area contributed by atoms with Gasteiger partial charge in [0.1, 0.15) is 0 Å². The second-order valence-electron chi connectivity index (χ2n) is 2.69. The van der Waals surface area contributed by atoms with Crippen LogP contribution in [-0.4, -0.2) is 15.2 Å². The van der Waals surface area contributed by atoms with E-state index < -0.39 is 5.82 Å². The summed E-state index contributed by atoms with van der Waals surface area (Å²) in [5.41, 5.74) is 3.58. The van der Waals surface area contributed by atoms with Crippen molar-refractivity contribution < 1.29 is 4.39 Å². The number of nitrogens with two attached hydrogens (primary N) is 1. The fourth-order valence-corrected chi connectivity index (χ4v) is 1.11. The van der Waals surface area contributed by atoms with Crippen molar-refractivity contribution in [2.75, 3.05) is 5.43 Å². The molecule has 0 aliphatic heterocycles. The third kappa shape index (κ3) is 1.42. The molecular formula is C8H8FN5. The molecule has 0 bridgehead atoms. The number of nitrogens with one attached hydrogen (secondary N) is 2. The molecule has 2 aromatic rings. The number of H-pyrrole nitrogens is 1. The molecule has 6 heteroatoms. The molecule has 0 aliphatic rings. The van der Waals surface area contributed by atoms with Gasteiger partial charge >= 0.3 is 0 Å². The molecule has 0 aromatic carbocycles. The Balaban J connectivity index is 2.43. The molecule has 5 nitrogen and oxygen atoms in total. The molecule has 0 fully saturated rings. The second-order valence-corrected chi connectivity index (χ2v) is 2.69. The second kappa shape index (κ2) is 3.43. The Morgan fingerprint density at radius 1 is 1.36 bits per heavy atom. The van der Waals surface area contributed by atoms with Crippen LogP contribution in [0.25, 0.3) is 11.1 Å². The lowest BCUT2D eigenvalue weighted by atomic mass is 10.2. The topological polar surface area (TPSA) is 79.6 Å². The van der Waals surface area contributed by atoms with Crippen LogP contribution in [0.2, 0.25) is 0 Å². The highest BCUT2D eigenvalue weighted by molar-refractivity contribution is 5.62. The minimum Gasteiger partial charge on any atom is -0.306 e. The van der Waals surface area contributed by atoms with Gasteiger partial charge in [-0.05, 0) is 6.07 Å². The Hall–Kier alpha value is -1.95. The minimum atomic E-state index is -0.494. The Kier molecular flexibility index (Phi) is 2.11. The first kappa shape index (κ1) is 8.64. The number of nitrogen functional groups attached to an aromatic ring is 1. The van der Waals surface area contributed by atoms with Crippen LogP contribution in [0.5, 0.6) is 0 Å². The minimum absolute atomic E-state index is 0.0252. The number of hydrogen-bond donors (Lipinski definition) is 3. The van der Waals surface area contributed by atoms with E-state index in [9.17, 15) is 4.39 Å². The largest absolute Gasteiger partial charge is 0.306 e. The SMILES string of the molecule is NNc1ncc(-c2cn[nH]c2)cc1F. The predicted molar refractivity (Wildman–Crippen MR) is 49.6 cm³/mol. The number of hydrogen-bond acceptors (Lipinski definition) is 4. The fraction of sp³-hybridized carbons (Fsp3) is 0. The number of pyridine rings is 1. The lowest BCUT2D eigenvalue weighted by Crippen LogP contribution is -2.10. The molecule has 0 amide bonds.